The first-order chi connectivity index (χ1) is 16.3. The van der Waals surface area contributed by atoms with Crippen molar-refractivity contribution in [1.29, 1.82) is 0 Å². The van der Waals surface area contributed by atoms with Gasteiger partial charge in [0.05, 0.1) is 17.5 Å². The van der Waals surface area contributed by atoms with Crippen LogP contribution in [-0.2, 0) is 16.1 Å². The van der Waals surface area contributed by atoms with Crippen LogP contribution < -0.4 is 20.2 Å². The third kappa shape index (κ3) is 4.37. The minimum absolute atomic E-state index is 0.0556. The van der Waals surface area contributed by atoms with E-state index < -0.39 is 23.5 Å². The van der Waals surface area contributed by atoms with E-state index in [-0.39, 0.29) is 18.3 Å². The molecular weight excluding hydrogens is 444 g/mol. The summed E-state index contributed by atoms with van der Waals surface area (Å²) in [5, 5.41) is 2.99. The summed E-state index contributed by atoms with van der Waals surface area (Å²) in [6.07, 6.45) is 1.10. The summed E-state index contributed by atoms with van der Waals surface area (Å²) in [7, 11) is 0. The number of amides is 3. The number of carbonyl (C=O) groups is 3. The van der Waals surface area contributed by atoms with Crippen molar-refractivity contribution < 1.29 is 28.6 Å². The summed E-state index contributed by atoms with van der Waals surface area (Å²) in [4.78, 5) is 54.0. The van der Waals surface area contributed by atoms with Crippen LogP contribution in [0.15, 0.2) is 23.1 Å². The van der Waals surface area contributed by atoms with Crippen molar-refractivity contribution in [3.05, 3.63) is 34.1 Å². The molecule has 0 radical (unpaired) electrons. The van der Waals surface area contributed by atoms with Crippen LogP contribution in [0.25, 0.3) is 10.9 Å². The number of fused-ring (bicyclic) bond motifs is 2. The Morgan fingerprint density at radius 1 is 1.06 bits per heavy atom. The molecular formula is C23H28N4O7. The van der Waals surface area contributed by atoms with Gasteiger partial charge in [0.1, 0.15) is 11.6 Å². The molecule has 1 aromatic carbocycles. The van der Waals surface area contributed by atoms with Crippen molar-refractivity contribution in [2.75, 3.05) is 39.6 Å². The summed E-state index contributed by atoms with van der Waals surface area (Å²) in [6, 6.07) is 2.47. The summed E-state index contributed by atoms with van der Waals surface area (Å²) in [5.41, 5.74) is 0.134. The fourth-order valence-electron chi connectivity index (χ4n) is 4.14. The second-order valence-corrected chi connectivity index (χ2v) is 8.09. The first kappa shape index (κ1) is 23.4. The Labute approximate surface area is 196 Å². The minimum atomic E-state index is -0.844. The van der Waals surface area contributed by atoms with Crippen LogP contribution in [0.2, 0.25) is 0 Å². The summed E-state index contributed by atoms with van der Waals surface area (Å²) < 4.78 is 17.6. The normalized spacial score (nSPS) is 15.9. The number of nitrogens with zero attached hydrogens (tertiary/aromatic N) is 3. The van der Waals surface area contributed by atoms with Crippen molar-refractivity contribution in [2.45, 2.75) is 33.4 Å². The molecule has 1 saturated heterocycles. The number of hydrogen-bond donors (Lipinski definition) is 1. The fourth-order valence-corrected chi connectivity index (χ4v) is 4.14. The van der Waals surface area contributed by atoms with E-state index in [0.29, 0.717) is 61.7 Å². The van der Waals surface area contributed by atoms with E-state index in [2.05, 4.69) is 5.32 Å². The number of nitrogens with one attached hydrogen (secondary N) is 1. The summed E-state index contributed by atoms with van der Waals surface area (Å²) in [5.74, 6) is 0.0958. The molecule has 34 heavy (non-hydrogen) atoms. The monoisotopic (exact) mass is 472 g/mol. The predicted molar refractivity (Wildman–Crippen MR) is 122 cm³/mol. The molecule has 182 valence electrons. The lowest BCUT2D eigenvalue weighted by atomic mass is 10.1. The average molecular weight is 472 g/mol. The molecule has 2 aromatic rings. The number of ether oxygens (including phenoxy) is 3. The number of aryl methyl sites for hydroxylation is 1. The first-order valence-corrected chi connectivity index (χ1v) is 11.3. The molecule has 0 aliphatic carbocycles. The highest BCUT2D eigenvalue weighted by Gasteiger charge is 2.29. The smallest absolute Gasteiger partial charge is 0.409 e. The SMILES string of the molecule is CCOC(=O)N1CCN(C(=O)C(C)NC(=O)c2cn(CC)c3cc4c(cc3c2=O)OCO4)CC1. The van der Waals surface area contributed by atoms with E-state index in [1.807, 2.05) is 6.92 Å². The molecule has 11 heteroatoms. The van der Waals surface area contributed by atoms with Crippen LogP contribution >= 0.6 is 0 Å². The lowest BCUT2D eigenvalue weighted by Gasteiger charge is -2.35. The second-order valence-electron chi connectivity index (χ2n) is 8.09. The van der Waals surface area contributed by atoms with E-state index in [1.54, 1.807) is 40.3 Å². The van der Waals surface area contributed by atoms with Crippen molar-refractivity contribution in [3.63, 3.8) is 0 Å². The van der Waals surface area contributed by atoms with E-state index >= 15 is 0 Å². The number of carbonyl (C=O) groups excluding carboxylic acids is 3. The number of aromatic nitrogens is 1. The standard InChI is InChI=1S/C23H28N4O7/c1-4-25-12-16(20(28)15-10-18-19(11-17(15)25)34-13-33-18)21(29)24-14(3)22(30)26-6-8-27(9-7-26)23(31)32-5-2/h10-12,14H,4-9,13H2,1-3H3,(H,24,29). The number of benzene rings is 1. The van der Waals surface area contributed by atoms with Gasteiger partial charge < -0.3 is 33.9 Å². The van der Waals surface area contributed by atoms with Gasteiger partial charge in [-0.05, 0) is 26.8 Å². The van der Waals surface area contributed by atoms with Gasteiger partial charge in [-0.15, -0.1) is 0 Å². The molecule has 3 heterocycles. The van der Waals surface area contributed by atoms with E-state index in [4.69, 9.17) is 14.2 Å². The lowest BCUT2D eigenvalue weighted by Crippen LogP contribution is -2.55. The third-order valence-corrected chi connectivity index (χ3v) is 6.00. The molecule has 1 fully saturated rings. The van der Waals surface area contributed by atoms with Gasteiger partial charge in [-0.2, -0.15) is 0 Å². The Morgan fingerprint density at radius 3 is 2.35 bits per heavy atom. The summed E-state index contributed by atoms with van der Waals surface area (Å²) >= 11 is 0. The van der Waals surface area contributed by atoms with Gasteiger partial charge in [0.25, 0.3) is 5.91 Å². The topological polar surface area (TPSA) is 119 Å². The first-order valence-electron chi connectivity index (χ1n) is 11.3. The third-order valence-electron chi connectivity index (χ3n) is 6.00. The van der Waals surface area contributed by atoms with Gasteiger partial charge in [0, 0.05) is 45.0 Å². The van der Waals surface area contributed by atoms with Crippen LogP contribution in [-0.4, -0.2) is 77.9 Å². The van der Waals surface area contributed by atoms with E-state index in [0.717, 1.165) is 0 Å². The molecule has 1 atom stereocenters. The van der Waals surface area contributed by atoms with Crippen LogP contribution in [0.4, 0.5) is 4.79 Å². The highest BCUT2D eigenvalue weighted by molar-refractivity contribution is 6.00. The van der Waals surface area contributed by atoms with Gasteiger partial charge in [-0.3, -0.25) is 14.4 Å². The highest BCUT2D eigenvalue weighted by atomic mass is 16.7. The van der Waals surface area contributed by atoms with Crippen molar-refractivity contribution >= 4 is 28.8 Å². The van der Waals surface area contributed by atoms with Crippen LogP contribution in [0.3, 0.4) is 0 Å². The number of pyridine rings is 1. The second kappa shape index (κ2) is 9.62. The Bertz CT molecular complexity index is 1180. The Morgan fingerprint density at radius 2 is 1.71 bits per heavy atom. The molecule has 4 rings (SSSR count). The van der Waals surface area contributed by atoms with Crippen LogP contribution in [0, 0.1) is 0 Å². The fraction of sp³-hybridized carbons (Fsp3) is 0.478. The highest BCUT2D eigenvalue weighted by Crippen LogP contribution is 2.35. The minimum Gasteiger partial charge on any atom is -0.454 e. The molecule has 0 bridgehead atoms. The maximum Gasteiger partial charge on any atom is 0.409 e. The zero-order valence-corrected chi connectivity index (χ0v) is 19.5. The predicted octanol–water partition coefficient (Wildman–Crippen LogP) is 1.17. The molecule has 0 spiro atoms. The zero-order chi connectivity index (χ0) is 24.4. The lowest BCUT2D eigenvalue weighted by molar-refractivity contribution is -0.134. The van der Waals surface area contributed by atoms with Crippen LogP contribution in [0.5, 0.6) is 11.5 Å². The van der Waals surface area contributed by atoms with Gasteiger partial charge in [-0.25, -0.2) is 4.79 Å². The molecule has 1 N–H and O–H groups in total. The Balaban J connectivity index is 1.48. The van der Waals surface area contributed by atoms with Gasteiger partial charge in [0.2, 0.25) is 18.1 Å². The van der Waals surface area contributed by atoms with E-state index in [1.165, 1.54) is 6.20 Å². The van der Waals surface area contributed by atoms with Gasteiger partial charge >= 0.3 is 6.09 Å². The van der Waals surface area contributed by atoms with Crippen molar-refractivity contribution in [2.24, 2.45) is 0 Å². The molecule has 2 aliphatic heterocycles. The largest absolute Gasteiger partial charge is 0.454 e. The Hall–Kier alpha value is -3.76. The number of rotatable bonds is 5. The van der Waals surface area contributed by atoms with Crippen molar-refractivity contribution in [3.8, 4) is 11.5 Å². The molecule has 1 unspecified atom stereocenters. The van der Waals surface area contributed by atoms with Crippen molar-refractivity contribution in [1.82, 2.24) is 19.7 Å². The van der Waals surface area contributed by atoms with Gasteiger partial charge in [0.15, 0.2) is 11.5 Å². The molecule has 11 nitrogen and oxygen atoms in total. The molecule has 3 amide bonds. The van der Waals surface area contributed by atoms with Gasteiger partial charge in [-0.1, -0.05) is 0 Å². The molecule has 2 aliphatic rings. The maximum atomic E-state index is 13.1. The number of piperazine rings is 1. The Kier molecular flexibility index (Phi) is 6.62. The quantitative estimate of drug-likeness (QED) is 0.694. The average Bonchev–Trinajstić information content (AvgIpc) is 3.30. The van der Waals surface area contributed by atoms with E-state index in [9.17, 15) is 19.2 Å². The molecule has 0 saturated carbocycles. The zero-order valence-electron chi connectivity index (χ0n) is 19.5. The van der Waals surface area contributed by atoms with Crippen LogP contribution in [0.1, 0.15) is 31.1 Å². The number of hydrogen-bond acceptors (Lipinski definition) is 7. The summed E-state index contributed by atoms with van der Waals surface area (Å²) in [6.45, 7) is 7.49. The maximum absolute atomic E-state index is 13.1. The molecule has 1 aromatic heterocycles.